The van der Waals surface area contributed by atoms with Crippen LogP contribution in [0.25, 0.3) is 11.3 Å². The number of ether oxygens (including phenoxy) is 1. The van der Waals surface area contributed by atoms with Crippen LogP contribution in [0, 0.1) is 5.92 Å². The highest BCUT2D eigenvalue weighted by Crippen LogP contribution is 2.25. The molecule has 1 aromatic heterocycles. The molecular weight excluding hydrogens is 480 g/mol. The van der Waals surface area contributed by atoms with Crippen molar-refractivity contribution in [3.63, 3.8) is 0 Å². The molecule has 2 amide bonds. The Balaban J connectivity index is 1.29. The predicted octanol–water partition coefficient (Wildman–Crippen LogP) is 4.23. The van der Waals surface area contributed by atoms with Crippen molar-refractivity contribution in [2.75, 3.05) is 52.9 Å². The Morgan fingerprint density at radius 3 is 2.50 bits per heavy atom. The smallest absolute Gasteiger partial charge is 0.276 e. The second-order valence-electron chi connectivity index (χ2n) is 10.2. The molecule has 8 heteroatoms. The molecule has 1 aliphatic heterocycles. The molecule has 8 nitrogen and oxygen atoms in total. The van der Waals surface area contributed by atoms with Crippen LogP contribution in [0.3, 0.4) is 0 Å². The standard InChI is InChI=1S/C30H38N4O4/c1-23(2)22-34(30(36)27-21-28(38-31-27)25-10-7-11-26(20-25)37-3)15-13-29(35)33-18-16-32(17-19-33)14-12-24-8-5-4-6-9-24/h4-11,20-21,23H,12-19,22H2,1-3H3. The first-order chi connectivity index (χ1) is 18.4. The molecule has 202 valence electrons. The highest BCUT2D eigenvalue weighted by molar-refractivity contribution is 5.93. The zero-order chi connectivity index (χ0) is 26.9. The molecule has 1 aliphatic rings. The fraction of sp³-hybridized carbons (Fsp3) is 0.433. The number of carbonyl (C=O) groups is 2. The molecule has 0 unspecified atom stereocenters. The Kier molecular flexibility index (Phi) is 9.54. The first-order valence-electron chi connectivity index (χ1n) is 13.4. The average Bonchev–Trinajstić information content (AvgIpc) is 3.45. The van der Waals surface area contributed by atoms with Crippen molar-refractivity contribution < 1.29 is 18.8 Å². The molecular formula is C30H38N4O4. The van der Waals surface area contributed by atoms with Gasteiger partial charge in [0.2, 0.25) is 5.91 Å². The quantitative estimate of drug-likeness (QED) is 0.378. The second-order valence-corrected chi connectivity index (χ2v) is 10.2. The molecule has 1 fully saturated rings. The number of piperazine rings is 1. The average molecular weight is 519 g/mol. The van der Waals surface area contributed by atoms with Crippen LogP contribution in [0.4, 0.5) is 0 Å². The van der Waals surface area contributed by atoms with Crippen LogP contribution in [0.1, 0.15) is 36.3 Å². The van der Waals surface area contributed by atoms with Gasteiger partial charge in [-0.3, -0.25) is 14.5 Å². The number of nitrogens with zero attached hydrogens (tertiary/aromatic N) is 4. The normalized spacial score (nSPS) is 14.1. The molecule has 0 spiro atoms. The van der Waals surface area contributed by atoms with Gasteiger partial charge in [-0.25, -0.2) is 0 Å². The van der Waals surface area contributed by atoms with Crippen molar-refractivity contribution in [3.8, 4) is 17.1 Å². The number of methoxy groups -OCH3 is 1. The van der Waals surface area contributed by atoms with E-state index in [2.05, 4.69) is 48.2 Å². The summed E-state index contributed by atoms with van der Waals surface area (Å²) in [5, 5.41) is 4.03. The summed E-state index contributed by atoms with van der Waals surface area (Å²) in [4.78, 5) is 32.4. The van der Waals surface area contributed by atoms with Crippen molar-refractivity contribution in [2.45, 2.75) is 26.7 Å². The largest absolute Gasteiger partial charge is 0.497 e. The van der Waals surface area contributed by atoms with Crippen LogP contribution in [0.15, 0.2) is 65.2 Å². The van der Waals surface area contributed by atoms with Gasteiger partial charge in [-0.1, -0.05) is 61.5 Å². The maximum atomic E-state index is 13.3. The lowest BCUT2D eigenvalue weighted by molar-refractivity contribution is -0.133. The molecule has 1 saturated heterocycles. The minimum atomic E-state index is -0.227. The summed E-state index contributed by atoms with van der Waals surface area (Å²) < 4.78 is 10.7. The van der Waals surface area contributed by atoms with Gasteiger partial charge in [0.1, 0.15) is 5.75 Å². The minimum Gasteiger partial charge on any atom is -0.497 e. The minimum absolute atomic E-state index is 0.0893. The number of carbonyl (C=O) groups excluding carboxylic acids is 2. The molecule has 0 atom stereocenters. The predicted molar refractivity (Wildman–Crippen MR) is 147 cm³/mol. The van der Waals surface area contributed by atoms with Gasteiger partial charge in [-0.15, -0.1) is 0 Å². The monoisotopic (exact) mass is 518 g/mol. The molecule has 3 aromatic rings. The topological polar surface area (TPSA) is 79.1 Å². The third-order valence-electron chi connectivity index (χ3n) is 6.84. The van der Waals surface area contributed by atoms with Crippen molar-refractivity contribution in [3.05, 3.63) is 71.9 Å². The molecule has 0 N–H and O–H groups in total. The summed E-state index contributed by atoms with van der Waals surface area (Å²) in [5.41, 5.74) is 2.36. The fourth-order valence-electron chi connectivity index (χ4n) is 4.71. The number of aromatic nitrogens is 1. The van der Waals surface area contributed by atoms with Crippen LogP contribution >= 0.6 is 0 Å². The molecule has 2 heterocycles. The van der Waals surface area contributed by atoms with E-state index in [-0.39, 0.29) is 23.4 Å². The molecule has 2 aromatic carbocycles. The first-order valence-corrected chi connectivity index (χ1v) is 13.4. The zero-order valence-electron chi connectivity index (χ0n) is 22.6. The lowest BCUT2D eigenvalue weighted by Crippen LogP contribution is -2.49. The van der Waals surface area contributed by atoms with Gasteiger partial charge in [0.25, 0.3) is 5.91 Å². The van der Waals surface area contributed by atoms with E-state index in [1.54, 1.807) is 18.1 Å². The summed E-state index contributed by atoms with van der Waals surface area (Å²) in [6.45, 7) is 9.20. The van der Waals surface area contributed by atoms with E-state index in [9.17, 15) is 9.59 Å². The molecule has 38 heavy (non-hydrogen) atoms. The summed E-state index contributed by atoms with van der Waals surface area (Å²) in [6.07, 6.45) is 1.31. The van der Waals surface area contributed by atoms with Crippen LogP contribution in [-0.2, 0) is 11.2 Å². The second kappa shape index (κ2) is 13.2. The molecule has 0 aliphatic carbocycles. The molecule has 4 rings (SSSR count). The van der Waals surface area contributed by atoms with E-state index < -0.39 is 0 Å². The lowest BCUT2D eigenvalue weighted by atomic mass is 10.1. The van der Waals surface area contributed by atoms with Gasteiger partial charge in [-0.05, 0) is 30.0 Å². The third kappa shape index (κ3) is 7.44. The molecule has 0 saturated carbocycles. The van der Waals surface area contributed by atoms with Gasteiger partial charge in [0.15, 0.2) is 11.5 Å². The van der Waals surface area contributed by atoms with Crippen LogP contribution < -0.4 is 4.74 Å². The van der Waals surface area contributed by atoms with Crippen molar-refractivity contribution in [2.24, 2.45) is 5.92 Å². The SMILES string of the molecule is COc1cccc(-c2cc(C(=O)N(CCC(=O)N3CCN(CCc4ccccc4)CC3)CC(C)C)no2)c1. The van der Waals surface area contributed by atoms with Gasteiger partial charge < -0.3 is 19.1 Å². The number of amides is 2. The Bertz CT molecular complexity index is 1190. The number of rotatable bonds is 11. The summed E-state index contributed by atoms with van der Waals surface area (Å²) in [7, 11) is 1.60. The van der Waals surface area contributed by atoms with Crippen LogP contribution in [0.2, 0.25) is 0 Å². The van der Waals surface area contributed by atoms with Crippen molar-refractivity contribution in [1.82, 2.24) is 19.9 Å². The summed E-state index contributed by atoms with van der Waals surface area (Å²) in [6, 6.07) is 19.6. The zero-order valence-corrected chi connectivity index (χ0v) is 22.6. The van der Waals surface area contributed by atoms with E-state index >= 15 is 0 Å². The number of benzene rings is 2. The summed E-state index contributed by atoms with van der Waals surface area (Å²) in [5.74, 6) is 1.32. The maximum absolute atomic E-state index is 13.3. The Labute approximate surface area is 225 Å². The number of hydrogen-bond acceptors (Lipinski definition) is 6. The Hall–Kier alpha value is -3.65. The van der Waals surface area contributed by atoms with Crippen LogP contribution in [-0.4, -0.2) is 84.6 Å². The van der Waals surface area contributed by atoms with Gasteiger partial charge in [-0.2, -0.15) is 0 Å². The number of hydrogen-bond donors (Lipinski definition) is 0. The van der Waals surface area contributed by atoms with E-state index in [1.165, 1.54) is 5.56 Å². The van der Waals surface area contributed by atoms with Crippen molar-refractivity contribution in [1.29, 1.82) is 0 Å². The van der Waals surface area contributed by atoms with Crippen LogP contribution in [0.5, 0.6) is 5.75 Å². The maximum Gasteiger partial charge on any atom is 0.276 e. The van der Waals surface area contributed by atoms with Gasteiger partial charge in [0, 0.05) is 63.9 Å². The van der Waals surface area contributed by atoms with E-state index in [1.807, 2.05) is 35.2 Å². The Morgan fingerprint density at radius 1 is 1.03 bits per heavy atom. The van der Waals surface area contributed by atoms with Gasteiger partial charge >= 0.3 is 0 Å². The lowest BCUT2D eigenvalue weighted by Gasteiger charge is -2.35. The Morgan fingerprint density at radius 2 is 1.79 bits per heavy atom. The fourth-order valence-corrected chi connectivity index (χ4v) is 4.71. The first kappa shape index (κ1) is 27.4. The van der Waals surface area contributed by atoms with E-state index in [4.69, 9.17) is 9.26 Å². The summed E-state index contributed by atoms with van der Waals surface area (Å²) >= 11 is 0. The van der Waals surface area contributed by atoms with Crippen molar-refractivity contribution >= 4 is 11.8 Å². The highest BCUT2D eigenvalue weighted by atomic mass is 16.5. The van der Waals surface area contributed by atoms with Gasteiger partial charge in [0.05, 0.1) is 7.11 Å². The van der Waals surface area contributed by atoms with E-state index in [0.717, 1.165) is 44.7 Å². The molecule has 0 radical (unpaired) electrons. The highest BCUT2D eigenvalue weighted by Gasteiger charge is 2.25. The van der Waals surface area contributed by atoms with E-state index in [0.29, 0.717) is 31.0 Å². The molecule has 0 bridgehead atoms. The third-order valence-corrected chi connectivity index (χ3v) is 6.84.